The largest absolute Gasteiger partial charge is 0.457 e. The fraction of sp³-hybridized carbons (Fsp3) is 0.350. The number of benzene rings is 2. The quantitative estimate of drug-likeness (QED) is 0.430. The van der Waals surface area contributed by atoms with Gasteiger partial charge in [-0.1, -0.05) is 36.4 Å². The van der Waals surface area contributed by atoms with Gasteiger partial charge in [0.15, 0.2) is 0 Å². The monoisotopic (exact) mass is 389 g/mol. The molecule has 1 unspecified atom stereocenters. The Kier molecular flexibility index (Phi) is 6.61. The maximum absolute atomic E-state index is 12.2. The summed E-state index contributed by atoms with van der Waals surface area (Å²) in [5.41, 5.74) is 4.21. The van der Waals surface area contributed by atoms with Crippen molar-refractivity contribution in [3.8, 4) is 0 Å². The number of carbonyl (C=O) groups excluding carboxylic acids is 1. The van der Waals surface area contributed by atoms with E-state index in [0.717, 1.165) is 5.56 Å². The van der Waals surface area contributed by atoms with E-state index in [2.05, 4.69) is 5.48 Å². The lowest BCUT2D eigenvalue weighted by Gasteiger charge is -2.38. The van der Waals surface area contributed by atoms with E-state index in [1.54, 1.807) is 25.1 Å². The van der Waals surface area contributed by atoms with Gasteiger partial charge in [0.05, 0.1) is 17.4 Å². The van der Waals surface area contributed by atoms with E-state index >= 15 is 0 Å². The number of aliphatic hydroxyl groups is 3. The molecular formula is C20H23NO7. The van der Waals surface area contributed by atoms with E-state index in [1.165, 1.54) is 6.07 Å². The van der Waals surface area contributed by atoms with Gasteiger partial charge >= 0.3 is 5.97 Å². The van der Waals surface area contributed by atoms with Crippen LogP contribution in [0, 0.1) is 0 Å². The summed E-state index contributed by atoms with van der Waals surface area (Å²) in [6.45, 7) is 1.72. The highest BCUT2D eigenvalue weighted by atomic mass is 16.8. The SMILES string of the molecule is C[C@@H]1OC(ONc2cccc(C(=O)OCc3ccccc3)c2)[C@@H](O)[C@H](O)[C@@H]1O. The number of hydrogen-bond donors (Lipinski definition) is 4. The van der Waals surface area contributed by atoms with Gasteiger partial charge in [0.2, 0.25) is 6.29 Å². The molecule has 1 aliphatic heterocycles. The van der Waals surface area contributed by atoms with Gasteiger partial charge in [-0.25, -0.2) is 9.63 Å². The summed E-state index contributed by atoms with van der Waals surface area (Å²) in [5, 5.41) is 29.4. The molecule has 0 aliphatic carbocycles. The van der Waals surface area contributed by atoms with Gasteiger partial charge < -0.3 is 24.8 Å². The predicted molar refractivity (Wildman–Crippen MR) is 99.1 cm³/mol. The second kappa shape index (κ2) is 9.13. The van der Waals surface area contributed by atoms with Crippen molar-refractivity contribution in [1.82, 2.24) is 0 Å². The lowest BCUT2D eigenvalue weighted by atomic mass is 10.0. The van der Waals surface area contributed by atoms with Crippen molar-refractivity contribution >= 4 is 11.7 Å². The average molecular weight is 389 g/mol. The molecular weight excluding hydrogens is 366 g/mol. The van der Waals surface area contributed by atoms with Crippen LogP contribution in [0.3, 0.4) is 0 Å². The highest BCUT2D eigenvalue weighted by molar-refractivity contribution is 5.90. The number of anilines is 1. The number of hydrogen-bond acceptors (Lipinski definition) is 8. The molecule has 3 rings (SSSR count). The Bertz CT molecular complexity index is 785. The maximum Gasteiger partial charge on any atom is 0.338 e. The van der Waals surface area contributed by atoms with Gasteiger partial charge in [0.25, 0.3) is 0 Å². The minimum absolute atomic E-state index is 0.161. The molecule has 2 aromatic carbocycles. The first-order valence-electron chi connectivity index (χ1n) is 8.88. The first kappa shape index (κ1) is 20.2. The summed E-state index contributed by atoms with van der Waals surface area (Å²) in [5.74, 6) is -0.492. The number of aliphatic hydroxyl groups excluding tert-OH is 3. The summed E-state index contributed by atoms with van der Waals surface area (Å²) >= 11 is 0. The molecule has 4 N–H and O–H groups in total. The molecule has 0 saturated carbocycles. The molecule has 28 heavy (non-hydrogen) atoms. The van der Waals surface area contributed by atoms with Crippen molar-refractivity contribution in [2.45, 2.75) is 44.2 Å². The molecule has 8 nitrogen and oxygen atoms in total. The Labute approximate surface area is 162 Å². The maximum atomic E-state index is 12.2. The number of rotatable bonds is 6. The highest BCUT2D eigenvalue weighted by Gasteiger charge is 2.42. The molecule has 0 bridgehead atoms. The smallest absolute Gasteiger partial charge is 0.338 e. The van der Waals surface area contributed by atoms with Crippen LogP contribution in [-0.4, -0.2) is 52.0 Å². The van der Waals surface area contributed by atoms with Gasteiger partial charge in [-0.15, -0.1) is 0 Å². The van der Waals surface area contributed by atoms with Gasteiger partial charge in [-0.2, -0.15) is 0 Å². The van der Waals surface area contributed by atoms with Crippen molar-refractivity contribution in [1.29, 1.82) is 0 Å². The van der Waals surface area contributed by atoms with Crippen molar-refractivity contribution in [3.63, 3.8) is 0 Å². The zero-order chi connectivity index (χ0) is 20.1. The van der Waals surface area contributed by atoms with E-state index in [4.69, 9.17) is 14.3 Å². The van der Waals surface area contributed by atoms with Crippen LogP contribution in [0.4, 0.5) is 5.69 Å². The van der Waals surface area contributed by atoms with E-state index in [1.807, 2.05) is 30.3 Å². The second-order valence-electron chi connectivity index (χ2n) is 6.54. The molecule has 0 amide bonds. The highest BCUT2D eigenvalue weighted by Crippen LogP contribution is 2.22. The molecule has 0 radical (unpaired) electrons. The van der Waals surface area contributed by atoms with Crippen molar-refractivity contribution < 1.29 is 34.4 Å². The van der Waals surface area contributed by atoms with Crippen LogP contribution in [-0.2, 0) is 20.9 Å². The molecule has 5 atom stereocenters. The van der Waals surface area contributed by atoms with E-state index in [-0.39, 0.29) is 6.61 Å². The summed E-state index contributed by atoms with van der Waals surface area (Å²) in [4.78, 5) is 17.5. The number of ether oxygens (including phenoxy) is 2. The van der Waals surface area contributed by atoms with Crippen LogP contribution in [0.15, 0.2) is 54.6 Å². The van der Waals surface area contributed by atoms with Crippen molar-refractivity contribution in [3.05, 3.63) is 65.7 Å². The molecule has 150 valence electrons. The third kappa shape index (κ3) is 4.86. The van der Waals surface area contributed by atoms with E-state index in [0.29, 0.717) is 11.3 Å². The first-order chi connectivity index (χ1) is 13.5. The summed E-state index contributed by atoms with van der Waals surface area (Å²) in [6.07, 6.45) is -5.95. The Morgan fingerprint density at radius 2 is 1.79 bits per heavy atom. The molecule has 1 heterocycles. The first-order valence-corrected chi connectivity index (χ1v) is 8.88. The van der Waals surface area contributed by atoms with E-state index in [9.17, 15) is 20.1 Å². The minimum atomic E-state index is -1.43. The van der Waals surface area contributed by atoms with Gasteiger partial charge in [-0.3, -0.25) is 5.48 Å². The second-order valence-corrected chi connectivity index (χ2v) is 6.54. The van der Waals surface area contributed by atoms with Gasteiger partial charge in [-0.05, 0) is 30.7 Å². The molecule has 0 spiro atoms. The molecule has 1 saturated heterocycles. The Hall–Kier alpha value is -2.49. The lowest BCUT2D eigenvalue weighted by molar-refractivity contribution is -0.286. The fourth-order valence-electron chi connectivity index (χ4n) is 2.75. The average Bonchev–Trinajstić information content (AvgIpc) is 2.73. The van der Waals surface area contributed by atoms with Gasteiger partial charge in [0.1, 0.15) is 24.9 Å². The van der Waals surface area contributed by atoms with Crippen LogP contribution in [0.1, 0.15) is 22.8 Å². The van der Waals surface area contributed by atoms with Crippen molar-refractivity contribution in [2.24, 2.45) is 0 Å². The third-order valence-electron chi connectivity index (χ3n) is 4.41. The standard InChI is InChI=1S/C20H23NO7/c1-12-16(22)17(23)18(24)20(27-12)28-21-15-9-5-8-14(10-15)19(25)26-11-13-6-3-2-4-7-13/h2-10,12,16-18,20-24H,11H2,1H3/t12-,16+,17+,18-,20?/m0/s1. The van der Waals surface area contributed by atoms with Crippen LogP contribution in [0.5, 0.6) is 0 Å². The predicted octanol–water partition coefficient (Wildman–Crippen LogP) is 1.21. The third-order valence-corrected chi connectivity index (χ3v) is 4.41. The minimum Gasteiger partial charge on any atom is -0.457 e. The Balaban J connectivity index is 1.56. The normalized spacial score (nSPS) is 27.2. The zero-order valence-corrected chi connectivity index (χ0v) is 15.3. The van der Waals surface area contributed by atoms with Crippen LogP contribution < -0.4 is 5.48 Å². The number of esters is 1. The van der Waals surface area contributed by atoms with E-state index < -0.39 is 36.7 Å². The van der Waals surface area contributed by atoms with Crippen LogP contribution >= 0.6 is 0 Å². The van der Waals surface area contributed by atoms with Crippen LogP contribution in [0.2, 0.25) is 0 Å². The summed E-state index contributed by atoms with van der Waals surface area (Å²) in [6, 6.07) is 15.8. The Morgan fingerprint density at radius 1 is 1.04 bits per heavy atom. The molecule has 1 fully saturated rings. The summed E-state index contributed by atoms with van der Waals surface area (Å²) < 4.78 is 10.6. The van der Waals surface area contributed by atoms with Crippen LogP contribution in [0.25, 0.3) is 0 Å². The molecule has 0 aromatic heterocycles. The Morgan fingerprint density at radius 3 is 2.54 bits per heavy atom. The number of carbonyl (C=O) groups is 1. The van der Waals surface area contributed by atoms with Gasteiger partial charge in [0, 0.05) is 0 Å². The number of nitrogens with one attached hydrogen (secondary N) is 1. The lowest BCUT2D eigenvalue weighted by Crippen LogP contribution is -2.57. The molecule has 2 aromatic rings. The fourth-order valence-corrected chi connectivity index (χ4v) is 2.75. The molecule has 1 aliphatic rings. The zero-order valence-electron chi connectivity index (χ0n) is 15.3. The molecule has 8 heteroatoms. The summed E-state index contributed by atoms with van der Waals surface area (Å²) in [7, 11) is 0. The topological polar surface area (TPSA) is 117 Å². The van der Waals surface area contributed by atoms with Crippen molar-refractivity contribution in [2.75, 3.05) is 5.48 Å².